The van der Waals surface area contributed by atoms with Crippen LogP contribution in [0.15, 0.2) is 59.0 Å². The fourth-order valence-corrected chi connectivity index (χ4v) is 3.10. The number of methoxy groups -OCH3 is 2. The summed E-state index contributed by atoms with van der Waals surface area (Å²) in [5.74, 6) is -0.477. The molecule has 0 bridgehead atoms. The lowest BCUT2D eigenvalue weighted by atomic mass is 10.1. The molecule has 10 heteroatoms. The average Bonchev–Trinajstić information content (AvgIpc) is 3.32. The molecule has 3 rings (SSSR count). The van der Waals surface area contributed by atoms with Crippen molar-refractivity contribution in [1.29, 1.82) is 0 Å². The van der Waals surface area contributed by atoms with Crippen molar-refractivity contribution in [2.45, 2.75) is 12.7 Å². The van der Waals surface area contributed by atoms with Gasteiger partial charge in [-0.1, -0.05) is 18.2 Å². The van der Waals surface area contributed by atoms with E-state index in [1.807, 2.05) is 0 Å². The monoisotopic (exact) mass is 477 g/mol. The van der Waals surface area contributed by atoms with Crippen LogP contribution in [0, 0.1) is 0 Å². The lowest BCUT2D eigenvalue weighted by Gasteiger charge is -2.18. The summed E-state index contributed by atoms with van der Waals surface area (Å²) in [7, 11) is 4.57. The lowest BCUT2D eigenvalue weighted by molar-refractivity contribution is -0.137. The molecule has 0 aliphatic heterocycles. The number of halogens is 3. The number of nitrogens with zero attached hydrogens (tertiary/aromatic N) is 1. The fraction of sp³-hybridized carbons (Fsp3) is 0.250. The van der Waals surface area contributed by atoms with Crippen LogP contribution in [-0.4, -0.2) is 44.7 Å². The molecule has 0 fully saturated rings. The van der Waals surface area contributed by atoms with Gasteiger partial charge in [0, 0.05) is 19.2 Å². The van der Waals surface area contributed by atoms with Gasteiger partial charge in [-0.3, -0.25) is 4.79 Å². The van der Waals surface area contributed by atoms with E-state index in [-0.39, 0.29) is 23.6 Å². The van der Waals surface area contributed by atoms with E-state index in [9.17, 15) is 22.8 Å². The van der Waals surface area contributed by atoms with Crippen LogP contribution < -0.4 is 9.47 Å². The molecule has 1 amide bonds. The molecule has 0 spiro atoms. The molecule has 0 atom stereocenters. The molecule has 0 aliphatic rings. The van der Waals surface area contributed by atoms with E-state index >= 15 is 0 Å². The second-order valence-electron chi connectivity index (χ2n) is 7.26. The van der Waals surface area contributed by atoms with Crippen molar-refractivity contribution in [3.05, 3.63) is 71.5 Å². The molecule has 0 radical (unpaired) electrons. The topological polar surface area (TPSA) is 78.2 Å². The summed E-state index contributed by atoms with van der Waals surface area (Å²) in [5, 5.41) is 0. The number of rotatable bonds is 8. The van der Waals surface area contributed by atoms with Crippen molar-refractivity contribution < 1.29 is 41.4 Å². The first-order valence-corrected chi connectivity index (χ1v) is 10.0. The normalized spacial score (nSPS) is 11.1. The van der Waals surface area contributed by atoms with Gasteiger partial charge in [0.25, 0.3) is 5.91 Å². The highest BCUT2D eigenvalue weighted by Gasteiger charge is 2.30. The van der Waals surface area contributed by atoms with Crippen LogP contribution in [-0.2, 0) is 22.3 Å². The minimum atomic E-state index is -4.51. The smallest absolute Gasteiger partial charge is 0.416 e. The standard InChI is InChI=1S/C24H22F3NO6/c1-28(13-15-7-8-19(31-2)21(11-15)32-3)22(29)14-33-23(30)20-10-9-18(34-20)16-5-4-6-17(12-16)24(25,26)27/h4-12H,13-14H2,1-3H3. The first-order chi connectivity index (χ1) is 16.1. The molecule has 34 heavy (non-hydrogen) atoms. The molecule has 1 aromatic heterocycles. The zero-order chi connectivity index (χ0) is 24.9. The zero-order valence-corrected chi connectivity index (χ0v) is 18.6. The van der Waals surface area contributed by atoms with Crippen LogP contribution in [0.4, 0.5) is 13.2 Å². The van der Waals surface area contributed by atoms with Crippen molar-refractivity contribution in [1.82, 2.24) is 4.90 Å². The van der Waals surface area contributed by atoms with Crippen LogP contribution in [0.2, 0.25) is 0 Å². The number of carbonyl (C=O) groups excluding carboxylic acids is 2. The summed E-state index contributed by atoms with van der Waals surface area (Å²) < 4.78 is 59.5. The largest absolute Gasteiger partial charge is 0.493 e. The summed E-state index contributed by atoms with van der Waals surface area (Å²) in [5.41, 5.74) is 0.0878. The van der Waals surface area contributed by atoms with Crippen LogP contribution in [0.1, 0.15) is 21.7 Å². The van der Waals surface area contributed by atoms with Crippen molar-refractivity contribution in [2.75, 3.05) is 27.9 Å². The SMILES string of the molecule is COc1ccc(CN(C)C(=O)COC(=O)c2ccc(-c3cccc(C(F)(F)F)c3)o2)cc1OC. The van der Waals surface area contributed by atoms with Gasteiger partial charge in [0.1, 0.15) is 5.76 Å². The molecule has 0 unspecified atom stereocenters. The minimum absolute atomic E-state index is 0.0648. The molecule has 1 heterocycles. The Morgan fingerprint density at radius 1 is 0.971 bits per heavy atom. The van der Waals surface area contributed by atoms with Gasteiger partial charge in [0.05, 0.1) is 19.8 Å². The number of likely N-dealkylation sites (N-methyl/N-ethyl adjacent to an activating group) is 1. The number of hydrogen-bond acceptors (Lipinski definition) is 6. The fourth-order valence-electron chi connectivity index (χ4n) is 3.10. The summed E-state index contributed by atoms with van der Waals surface area (Å²) >= 11 is 0. The van der Waals surface area contributed by atoms with E-state index in [4.69, 9.17) is 18.6 Å². The van der Waals surface area contributed by atoms with E-state index in [0.29, 0.717) is 11.5 Å². The van der Waals surface area contributed by atoms with Gasteiger partial charge in [0.15, 0.2) is 18.1 Å². The number of amides is 1. The maximum atomic E-state index is 12.9. The summed E-state index contributed by atoms with van der Waals surface area (Å²) in [6, 6.07) is 12.4. The van der Waals surface area contributed by atoms with Crippen molar-refractivity contribution >= 4 is 11.9 Å². The van der Waals surface area contributed by atoms with Gasteiger partial charge >= 0.3 is 12.1 Å². The quantitative estimate of drug-likeness (QED) is 0.434. The molecule has 7 nitrogen and oxygen atoms in total. The van der Waals surface area contributed by atoms with Crippen LogP contribution >= 0.6 is 0 Å². The number of alkyl halides is 3. The summed E-state index contributed by atoms with van der Waals surface area (Å²) in [6.45, 7) is -0.306. The average molecular weight is 477 g/mol. The van der Waals surface area contributed by atoms with E-state index in [1.54, 1.807) is 25.2 Å². The number of furan rings is 1. The third kappa shape index (κ3) is 5.89. The van der Waals surface area contributed by atoms with E-state index < -0.39 is 30.2 Å². The maximum absolute atomic E-state index is 12.9. The first kappa shape index (κ1) is 24.7. The Bertz CT molecular complexity index is 1170. The molecule has 180 valence electrons. The zero-order valence-electron chi connectivity index (χ0n) is 18.6. The Hall–Kier alpha value is -3.95. The van der Waals surface area contributed by atoms with Crippen molar-refractivity contribution in [3.63, 3.8) is 0 Å². The van der Waals surface area contributed by atoms with Crippen molar-refractivity contribution in [2.24, 2.45) is 0 Å². The predicted octanol–water partition coefficient (Wildman–Crippen LogP) is 4.80. The second-order valence-corrected chi connectivity index (χ2v) is 7.26. The molecule has 0 N–H and O–H groups in total. The van der Waals surface area contributed by atoms with E-state index in [1.165, 1.54) is 43.4 Å². The Morgan fingerprint density at radius 3 is 2.38 bits per heavy atom. The van der Waals surface area contributed by atoms with Crippen LogP contribution in [0.5, 0.6) is 11.5 Å². The second kappa shape index (κ2) is 10.3. The third-order valence-electron chi connectivity index (χ3n) is 4.90. The molecule has 3 aromatic rings. The first-order valence-electron chi connectivity index (χ1n) is 10.0. The number of esters is 1. The van der Waals surface area contributed by atoms with Crippen molar-refractivity contribution in [3.8, 4) is 22.8 Å². The van der Waals surface area contributed by atoms with Crippen LogP contribution in [0.25, 0.3) is 11.3 Å². The predicted molar refractivity (Wildman–Crippen MR) is 115 cm³/mol. The number of hydrogen-bond donors (Lipinski definition) is 0. The van der Waals surface area contributed by atoms with E-state index in [2.05, 4.69) is 0 Å². The molecule has 0 saturated heterocycles. The van der Waals surface area contributed by atoms with Crippen LogP contribution in [0.3, 0.4) is 0 Å². The Morgan fingerprint density at radius 2 is 1.71 bits per heavy atom. The number of benzene rings is 2. The molecule has 0 aliphatic carbocycles. The highest BCUT2D eigenvalue weighted by Crippen LogP contribution is 2.33. The molecular formula is C24H22F3NO6. The Kier molecular flexibility index (Phi) is 7.50. The number of carbonyl (C=O) groups is 2. The summed E-state index contributed by atoms with van der Waals surface area (Å²) in [4.78, 5) is 26.0. The van der Waals surface area contributed by atoms with E-state index in [0.717, 1.165) is 17.7 Å². The van der Waals surface area contributed by atoms with Gasteiger partial charge in [0.2, 0.25) is 5.76 Å². The van der Waals surface area contributed by atoms with Gasteiger partial charge < -0.3 is 23.5 Å². The van der Waals surface area contributed by atoms with Gasteiger partial charge in [-0.25, -0.2) is 4.79 Å². The van der Waals surface area contributed by atoms with Gasteiger partial charge in [-0.2, -0.15) is 13.2 Å². The lowest BCUT2D eigenvalue weighted by Crippen LogP contribution is -2.30. The molecule has 0 saturated carbocycles. The molecular weight excluding hydrogens is 455 g/mol. The highest BCUT2D eigenvalue weighted by atomic mass is 19.4. The third-order valence-corrected chi connectivity index (χ3v) is 4.90. The highest BCUT2D eigenvalue weighted by molar-refractivity contribution is 5.89. The summed E-state index contributed by atoms with van der Waals surface area (Å²) in [6.07, 6.45) is -4.51. The van der Waals surface area contributed by atoms with Gasteiger partial charge in [-0.15, -0.1) is 0 Å². The number of ether oxygens (including phenoxy) is 3. The minimum Gasteiger partial charge on any atom is -0.493 e. The molecule has 2 aromatic carbocycles. The maximum Gasteiger partial charge on any atom is 0.416 e. The van der Waals surface area contributed by atoms with Gasteiger partial charge in [-0.05, 0) is 42.0 Å². The Balaban J connectivity index is 1.59. The Labute approximate surface area is 193 Å².